The van der Waals surface area contributed by atoms with Crippen molar-refractivity contribution in [3.63, 3.8) is 0 Å². The summed E-state index contributed by atoms with van der Waals surface area (Å²) in [5.74, 6) is -2.09. The van der Waals surface area contributed by atoms with Gasteiger partial charge in [0.2, 0.25) is 0 Å². The minimum absolute atomic E-state index is 0.292. The first-order valence-corrected chi connectivity index (χ1v) is 10.9. The molecule has 0 aromatic heterocycles. The SMILES string of the molecule is O=C(O)CCN1CC1.O=C(O)CCN1CC1.O=C(O)CCN1CC1.OCC(CO)(CO)CO. The Balaban J connectivity index is 0.000000414. The summed E-state index contributed by atoms with van der Waals surface area (Å²) < 4.78 is 0. The van der Waals surface area contributed by atoms with Gasteiger partial charge < -0.3 is 50.4 Å². The summed E-state index contributed by atoms with van der Waals surface area (Å²) in [5.41, 5.74) is -1.11. The van der Waals surface area contributed by atoms with E-state index < -0.39 is 49.8 Å². The Morgan fingerprint density at radius 1 is 0.515 bits per heavy atom. The molecule has 0 radical (unpaired) electrons. The van der Waals surface area contributed by atoms with Crippen LogP contribution in [0, 0.1) is 5.41 Å². The molecule has 33 heavy (non-hydrogen) atoms. The van der Waals surface area contributed by atoms with Gasteiger partial charge in [-0.15, -0.1) is 0 Å². The van der Waals surface area contributed by atoms with Crippen LogP contribution in [-0.2, 0) is 14.4 Å². The molecule has 0 spiro atoms. The third-order valence-electron chi connectivity index (χ3n) is 4.89. The van der Waals surface area contributed by atoms with Crippen LogP contribution in [0.5, 0.6) is 0 Å². The fourth-order valence-corrected chi connectivity index (χ4v) is 1.94. The highest BCUT2D eigenvalue weighted by Gasteiger charge is 2.26. The van der Waals surface area contributed by atoms with Crippen molar-refractivity contribution in [2.24, 2.45) is 5.41 Å². The van der Waals surface area contributed by atoms with E-state index in [0.717, 1.165) is 58.9 Å². The van der Waals surface area contributed by atoms with Crippen LogP contribution < -0.4 is 0 Å². The molecule has 13 nitrogen and oxygen atoms in total. The van der Waals surface area contributed by atoms with E-state index in [4.69, 9.17) is 35.7 Å². The van der Waals surface area contributed by atoms with Crippen LogP contribution in [0.2, 0.25) is 0 Å². The van der Waals surface area contributed by atoms with Gasteiger partial charge in [-0.3, -0.25) is 14.4 Å². The van der Waals surface area contributed by atoms with E-state index in [1.54, 1.807) is 0 Å². The van der Waals surface area contributed by atoms with Gasteiger partial charge in [-0.05, 0) is 0 Å². The first-order chi connectivity index (χ1) is 15.6. The van der Waals surface area contributed by atoms with E-state index in [9.17, 15) is 14.4 Å². The van der Waals surface area contributed by atoms with Crippen LogP contribution >= 0.6 is 0 Å². The molecule has 3 saturated heterocycles. The van der Waals surface area contributed by atoms with Gasteiger partial charge in [0.25, 0.3) is 0 Å². The number of carboxylic acid groups (broad SMARTS) is 3. The number of hydrogen-bond donors (Lipinski definition) is 7. The number of nitrogens with zero attached hydrogens (tertiary/aromatic N) is 3. The lowest BCUT2D eigenvalue weighted by molar-refractivity contribution is -0.138. The molecule has 3 heterocycles. The van der Waals surface area contributed by atoms with E-state index >= 15 is 0 Å². The topological polar surface area (TPSA) is 202 Å². The largest absolute Gasteiger partial charge is 0.481 e. The lowest BCUT2D eigenvalue weighted by Gasteiger charge is -2.23. The number of aliphatic hydroxyl groups excluding tert-OH is 4. The van der Waals surface area contributed by atoms with Crippen molar-refractivity contribution in [3.05, 3.63) is 0 Å². The smallest absolute Gasteiger partial charge is 0.304 e. The van der Waals surface area contributed by atoms with E-state index in [2.05, 4.69) is 14.7 Å². The number of rotatable bonds is 13. The van der Waals surface area contributed by atoms with Crippen molar-refractivity contribution in [2.75, 3.05) is 85.3 Å². The lowest BCUT2D eigenvalue weighted by Crippen LogP contribution is -2.37. The summed E-state index contributed by atoms with van der Waals surface area (Å²) in [4.78, 5) is 36.0. The van der Waals surface area contributed by atoms with Gasteiger partial charge in [0, 0.05) is 58.9 Å². The number of aliphatic hydroxyl groups is 4. The van der Waals surface area contributed by atoms with Crippen LogP contribution in [-0.4, -0.2) is 154 Å². The second kappa shape index (κ2) is 17.6. The Kier molecular flexibility index (Phi) is 16.6. The maximum Gasteiger partial charge on any atom is 0.304 e. The molecule has 0 aromatic rings. The average Bonchev–Trinajstić information content (AvgIpc) is 3.66. The van der Waals surface area contributed by atoms with Crippen LogP contribution in [0.1, 0.15) is 19.3 Å². The van der Waals surface area contributed by atoms with E-state index in [0.29, 0.717) is 19.3 Å². The molecule has 0 aromatic carbocycles. The zero-order chi connectivity index (χ0) is 25.3. The second-order valence-electron chi connectivity index (χ2n) is 8.09. The highest BCUT2D eigenvalue weighted by atomic mass is 16.4. The minimum Gasteiger partial charge on any atom is -0.481 e. The zero-order valence-electron chi connectivity index (χ0n) is 19.0. The van der Waals surface area contributed by atoms with Gasteiger partial charge in [0.05, 0.1) is 51.1 Å². The number of carboxylic acids is 3. The van der Waals surface area contributed by atoms with E-state index in [1.165, 1.54) is 0 Å². The Labute approximate surface area is 193 Å². The predicted octanol–water partition coefficient (Wildman–Crippen LogP) is -2.73. The predicted molar refractivity (Wildman–Crippen MR) is 117 cm³/mol. The van der Waals surface area contributed by atoms with Crippen molar-refractivity contribution in [2.45, 2.75) is 19.3 Å². The molecule has 13 heteroatoms. The van der Waals surface area contributed by atoms with Crippen LogP contribution in [0.4, 0.5) is 0 Å². The molecule has 0 aliphatic carbocycles. The molecule has 0 amide bonds. The molecule has 0 atom stereocenters. The van der Waals surface area contributed by atoms with Gasteiger partial charge in [-0.25, -0.2) is 0 Å². The summed E-state index contributed by atoms with van der Waals surface area (Å²) >= 11 is 0. The van der Waals surface area contributed by atoms with Gasteiger partial charge in [0.1, 0.15) is 0 Å². The maximum atomic E-state index is 9.90. The lowest BCUT2D eigenvalue weighted by atomic mass is 9.93. The van der Waals surface area contributed by atoms with E-state index in [1.807, 2.05) is 0 Å². The Morgan fingerprint density at radius 2 is 0.727 bits per heavy atom. The normalized spacial score (nSPS) is 16.7. The van der Waals surface area contributed by atoms with Gasteiger partial charge >= 0.3 is 17.9 Å². The second-order valence-corrected chi connectivity index (χ2v) is 8.09. The first kappa shape index (κ1) is 31.1. The molecule has 0 unspecified atom stereocenters. The summed E-state index contributed by atoms with van der Waals surface area (Å²) in [6, 6.07) is 0. The van der Waals surface area contributed by atoms with Crippen molar-refractivity contribution in [1.29, 1.82) is 0 Å². The summed E-state index contributed by atoms with van der Waals surface area (Å²) in [6.45, 7) is 7.11. The molecule has 3 aliphatic heterocycles. The van der Waals surface area contributed by atoms with Gasteiger partial charge in [-0.1, -0.05) is 0 Å². The Morgan fingerprint density at radius 3 is 0.818 bits per heavy atom. The van der Waals surface area contributed by atoms with Crippen LogP contribution in [0.25, 0.3) is 0 Å². The minimum atomic E-state index is -1.11. The fraction of sp³-hybridized carbons (Fsp3) is 0.850. The molecular formula is C20H39N3O10. The van der Waals surface area contributed by atoms with Crippen molar-refractivity contribution >= 4 is 17.9 Å². The maximum absolute atomic E-state index is 9.90. The van der Waals surface area contributed by atoms with Crippen molar-refractivity contribution in [1.82, 2.24) is 14.7 Å². The Hall–Kier alpha value is -1.87. The molecule has 3 fully saturated rings. The molecular weight excluding hydrogens is 442 g/mol. The third kappa shape index (κ3) is 20.5. The first-order valence-electron chi connectivity index (χ1n) is 10.9. The number of carbonyl (C=O) groups is 3. The highest BCUT2D eigenvalue weighted by molar-refractivity contribution is 5.67. The van der Waals surface area contributed by atoms with Crippen LogP contribution in [0.15, 0.2) is 0 Å². The highest BCUT2D eigenvalue weighted by Crippen LogP contribution is 2.11. The molecule has 0 saturated carbocycles. The summed E-state index contributed by atoms with van der Waals surface area (Å²) in [6.07, 6.45) is 0.875. The number of hydrogen-bond acceptors (Lipinski definition) is 10. The van der Waals surface area contributed by atoms with Crippen molar-refractivity contribution < 1.29 is 50.1 Å². The molecule has 3 rings (SSSR count). The molecule has 3 aliphatic rings. The summed E-state index contributed by atoms with van der Waals surface area (Å²) in [5, 5.41) is 58.5. The average molecular weight is 482 g/mol. The monoisotopic (exact) mass is 481 g/mol. The fourth-order valence-electron chi connectivity index (χ4n) is 1.94. The third-order valence-corrected chi connectivity index (χ3v) is 4.89. The Bertz CT molecular complexity index is 483. The summed E-state index contributed by atoms with van der Waals surface area (Å²) in [7, 11) is 0. The van der Waals surface area contributed by atoms with Gasteiger partial charge in [-0.2, -0.15) is 0 Å². The molecule has 0 bridgehead atoms. The number of aliphatic carboxylic acids is 3. The molecule has 194 valence electrons. The van der Waals surface area contributed by atoms with E-state index in [-0.39, 0.29) is 0 Å². The molecule has 7 N–H and O–H groups in total. The van der Waals surface area contributed by atoms with Crippen molar-refractivity contribution in [3.8, 4) is 0 Å². The zero-order valence-corrected chi connectivity index (χ0v) is 19.0. The van der Waals surface area contributed by atoms with Gasteiger partial charge in [0.15, 0.2) is 0 Å². The van der Waals surface area contributed by atoms with Crippen LogP contribution in [0.3, 0.4) is 0 Å². The quantitative estimate of drug-likeness (QED) is 0.134. The standard InChI is InChI=1S/3C5H9NO2.C5H12O4/c3*7-5(8)1-2-6-3-4-6;6-1-5(2-7,3-8)4-9/h3*1-4H2,(H,7,8);6-9H,1-4H2.